The second-order valence-electron chi connectivity index (χ2n) is 7.52. The summed E-state index contributed by atoms with van der Waals surface area (Å²) in [7, 11) is 1.55. The quantitative estimate of drug-likeness (QED) is 0.663. The van der Waals surface area contributed by atoms with Gasteiger partial charge in [0.05, 0.1) is 11.6 Å². The molecule has 0 atom stereocenters. The number of methoxy groups -OCH3 is 1. The van der Waals surface area contributed by atoms with Crippen LogP contribution in [-0.4, -0.2) is 47.6 Å². The predicted octanol–water partition coefficient (Wildman–Crippen LogP) is 4.42. The number of halogens is 1. The van der Waals surface area contributed by atoms with Gasteiger partial charge in [-0.25, -0.2) is 0 Å². The van der Waals surface area contributed by atoms with E-state index in [0.29, 0.717) is 16.8 Å². The monoisotopic (exact) mass is 460 g/mol. The Hall–Kier alpha value is -2.05. The molecule has 1 amide bonds. The zero-order valence-corrected chi connectivity index (χ0v) is 18.7. The number of benzene rings is 2. The molecule has 5 nitrogen and oxygen atoms in total. The molecule has 1 aliphatic heterocycles. The van der Waals surface area contributed by atoms with Crippen molar-refractivity contribution in [3.8, 4) is 11.5 Å². The first-order valence-electron chi connectivity index (χ1n) is 10.1. The van der Waals surface area contributed by atoms with Crippen LogP contribution in [-0.2, 0) is 17.9 Å². The van der Waals surface area contributed by atoms with E-state index in [4.69, 9.17) is 4.74 Å². The Morgan fingerprint density at radius 2 is 1.90 bits per heavy atom. The summed E-state index contributed by atoms with van der Waals surface area (Å²) in [5.74, 6) is 0.957. The van der Waals surface area contributed by atoms with Crippen LogP contribution in [0.4, 0.5) is 0 Å². The number of rotatable bonds is 7. The van der Waals surface area contributed by atoms with Crippen LogP contribution in [0, 0.1) is 5.92 Å². The SMILES string of the molecule is CCN(Cc1ccccc1)C(=O)C1CCN(Cc2cc(Br)c(O)c(OC)c2)CC1. The highest BCUT2D eigenvalue weighted by atomic mass is 79.9. The summed E-state index contributed by atoms with van der Waals surface area (Å²) in [6.07, 6.45) is 1.75. The summed E-state index contributed by atoms with van der Waals surface area (Å²) in [6.45, 7) is 6.01. The Balaban J connectivity index is 1.55. The van der Waals surface area contributed by atoms with Crippen molar-refractivity contribution in [2.24, 2.45) is 5.92 Å². The first kappa shape index (κ1) is 21.7. The van der Waals surface area contributed by atoms with Gasteiger partial charge < -0.3 is 14.7 Å². The number of carbonyl (C=O) groups excluding carboxylic acids is 1. The summed E-state index contributed by atoms with van der Waals surface area (Å²) in [5, 5.41) is 9.98. The number of amides is 1. The summed E-state index contributed by atoms with van der Waals surface area (Å²) in [5.41, 5.74) is 2.25. The van der Waals surface area contributed by atoms with Crippen molar-refractivity contribution in [2.45, 2.75) is 32.9 Å². The summed E-state index contributed by atoms with van der Waals surface area (Å²) in [4.78, 5) is 17.3. The molecule has 1 fully saturated rings. The van der Waals surface area contributed by atoms with Crippen molar-refractivity contribution in [1.29, 1.82) is 0 Å². The lowest BCUT2D eigenvalue weighted by Crippen LogP contribution is -2.42. The van der Waals surface area contributed by atoms with Gasteiger partial charge >= 0.3 is 0 Å². The zero-order valence-electron chi connectivity index (χ0n) is 17.1. The molecular formula is C23H29BrN2O3. The van der Waals surface area contributed by atoms with E-state index in [1.807, 2.05) is 42.2 Å². The number of likely N-dealkylation sites (tertiary alicyclic amines) is 1. The molecule has 1 saturated heterocycles. The highest BCUT2D eigenvalue weighted by Gasteiger charge is 2.28. The molecule has 0 bridgehead atoms. The van der Waals surface area contributed by atoms with Crippen molar-refractivity contribution in [2.75, 3.05) is 26.7 Å². The van der Waals surface area contributed by atoms with E-state index in [1.165, 1.54) is 5.56 Å². The fraction of sp³-hybridized carbons (Fsp3) is 0.435. The smallest absolute Gasteiger partial charge is 0.226 e. The first-order chi connectivity index (χ1) is 14.0. The molecule has 1 N–H and O–H groups in total. The molecule has 3 rings (SSSR count). The van der Waals surface area contributed by atoms with Gasteiger partial charge in [-0.1, -0.05) is 30.3 Å². The average Bonchev–Trinajstić information content (AvgIpc) is 2.75. The molecule has 156 valence electrons. The molecule has 6 heteroatoms. The van der Waals surface area contributed by atoms with Crippen molar-refractivity contribution in [3.63, 3.8) is 0 Å². The molecule has 0 saturated carbocycles. The molecule has 0 unspecified atom stereocenters. The number of hydrogen-bond acceptors (Lipinski definition) is 4. The van der Waals surface area contributed by atoms with Crippen LogP contribution in [0.3, 0.4) is 0 Å². The average molecular weight is 461 g/mol. The lowest BCUT2D eigenvalue weighted by Gasteiger charge is -2.34. The van der Waals surface area contributed by atoms with Gasteiger partial charge in [-0.3, -0.25) is 9.69 Å². The van der Waals surface area contributed by atoms with E-state index >= 15 is 0 Å². The number of phenols is 1. The maximum atomic E-state index is 13.0. The van der Waals surface area contributed by atoms with Crippen LogP contribution in [0.25, 0.3) is 0 Å². The fourth-order valence-corrected chi connectivity index (χ4v) is 4.37. The number of phenolic OH excluding ortho intramolecular Hbond substituents is 1. The van der Waals surface area contributed by atoms with Gasteiger partial charge in [0.1, 0.15) is 0 Å². The third-order valence-corrected chi connectivity index (χ3v) is 6.17. The molecule has 0 aromatic heterocycles. The minimum atomic E-state index is 0.0935. The van der Waals surface area contributed by atoms with Gasteiger partial charge in [0, 0.05) is 25.6 Å². The standard InChI is InChI=1S/C23H29BrN2O3/c1-3-26(16-17-7-5-4-6-8-17)23(28)19-9-11-25(12-10-19)15-18-13-20(24)22(27)21(14-18)29-2/h4-8,13-14,19,27H,3,9-12,15-16H2,1-2H3. The van der Waals surface area contributed by atoms with Crippen LogP contribution >= 0.6 is 15.9 Å². The van der Waals surface area contributed by atoms with Gasteiger partial charge in [-0.2, -0.15) is 0 Å². The molecule has 0 aliphatic carbocycles. The second kappa shape index (κ2) is 10.1. The number of aromatic hydroxyl groups is 1. The minimum Gasteiger partial charge on any atom is -0.503 e. The van der Waals surface area contributed by atoms with Crippen LogP contribution in [0.1, 0.15) is 30.9 Å². The van der Waals surface area contributed by atoms with Crippen LogP contribution in [0.2, 0.25) is 0 Å². The van der Waals surface area contributed by atoms with Gasteiger partial charge in [0.15, 0.2) is 11.5 Å². The van der Waals surface area contributed by atoms with Crippen molar-refractivity contribution in [3.05, 3.63) is 58.1 Å². The van der Waals surface area contributed by atoms with E-state index < -0.39 is 0 Å². The summed E-state index contributed by atoms with van der Waals surface area (Å²) in [6, 6.07) is 14.0. The zero-order chi connectivity index (χ0) is 20.8. The Morgan fingerprint density at radius 3 is 2.52 bits per heavy atom. The first-order valence-corrected chi connectivity index (χ1v) is 10.9. The lowest BCUT2D eigenvalue weighted by molar-refractivity contribution is -0.137. The molecule has 29 heavy (non-hydrogen) atoms. The Labute approximate surface area is 181 Å². The summed E-state index contributed by atoms with van der Waals surface area (Å²) < 4.78 is 5.88. The second-order valence-corrected chi connectivity index (χ2v) is 8.37. The minimum absolute atomic E-state index is 0.0935. The number of nitrogens with zero attached hydrogens (tertiary/aromatic N) is 2. The van der Waals surface area contributed by atoms with Gasteiger partial charge in [-0.15, -0.1) is 0 Å². The Bertz CT molecular complexity index is 820. The van der Waals surface area contributed by atoms with Crippen LogP contribution in [0.5, 0.6) is 11.5 Å². The van der Waals surface area contributed by atoms with E-state index in [1.54, 1.807) is 7.11 Å². The topological polar surface area (TPSA) is 53.0 Å². The van der Waals surface area contributed by atoms with Crippen LogP contribution in [0.15, 0.2) is 46.9 Å². The molecule has 1 heterocycles. The molecule has 1 aliphatic rings. The van der Waals surface area contributed by atoms with Gasteiger partial charge in [-0.05, 0) is 72.0 Å². The van der Waals surface area contributed by atoms with E-state index in [0.717, 1.165) is 44.6 Å². The third-order valence-electron chi connectivity index (χ3n) is 5.56. The molecule has 2 aromatic carbocycles. The fourth-order valence-electron chi connectivity index (χ4n) is 3.88. The maximum absolute atomic E-state index is 13.0. The lowest BCUT2D eigenvalue weighted by atomic mass is 9.94. The highest BCUT2D eigenvalue weighted by Crippen LogP contribution is 2.35. The normalized spacial score (nSPS) is 15.3. The van der Waals surface area contributed by atoms with E-state index in [2.05, 4.69) is 33.0 Å². The highest BCUT2D eigenvalue weighted by molar-refractivity contribution is 9.10. The van der Waals surface area contributed by atoms with Crippen molar-refractivity contribution < 1.29 is 14.6 Å². The summed E-state index contributed by atoms with van der Waals surface area (Å²) >= 11 is 3.38. The van der Waals surface area contributed by atoms with Crippen molar-refractivity contribution >= 4 is 21.8 Å². The molecule has 2 aromatic rings. The van der Waals surface area contributed by atoms with E-state index in [9.17, 15) is 9.90 Å². The van der Waals surface area contributed by atoms with Crippen LogP contribution < -0.4 is 4.74 Å². The Morgan fingerprint density at radius 1 is 1.21 bits per heavy atom. The van der Waals surface area contributed by atoms with Gasteiger partial charge in [0.2, 0.25) is 5.91 Å². The molecular weight excluding hydrogens is 432 g/mol. The van der Waals surface area contributed by atoms with Crippen molar-refractivity contribution in [1.82, 2.24) is 9.80 Å². The molecule has 0 spiro atoms. The van der Waals surface area contributed by atoms with E-state index in [-0.39, 0.29) is 17.6 Å². The number of piperidine rings is 1. The Kier molecular flexibility index (Phi) is 7.56. The number of ether oxygens (including phenoxy) is 1. The molecule has 0 radical (unpaired) electrons. The largest absolute Gasteiger partial charge is 0.503 e. The number of hydrogen-bond donors (Lipinski definition) is 1. The van der Waals surface area contributed by atoms with Gasteiger partial charge in [0.25, 0.3) is 0 Å². The maximum Gasteiger partial charge on any atom is 0.226 e. The number of carbonyl (C=O) groups is 1. The predicted molar refractivity (Wildman–Crippen MR) is 118 cm³/mol. The third kappa shape index (κ3) is 5.52.